The summed E-state index contributed by atoms with van der Waals surface area (Å²) in [5.41, 5.74) is 3.13. The lowest BCUT2D eigenvalue weighted by Gasteiger charge is -2.33. The highest BCUT2D eigenvalue weighted by Crippen LogP contribution is 2.35. The minimum Gasteiger partial charge on any atom is -0.351 e. The van der Waals surface area contributed by atoms with Gasteiger partial charge in [0.15, 0.2) is 5.82 Å². The molecule has 1 heterocycles. The van der Waals surface area contributed by atoms with Crippen LogP contribution in [0.1, 0.15) is 49.4 Å². The molecule has 110 valence electrons. The molecule has 0 unspecified atom stereocenters. The van der Waals surface area contributed by atoms with E-state index in [0.29, 0.717) is 17.9 Å². The molecule has 1 aliphatic rings. The number of nitrogens with zero attached hydrogens (tertiary/aromatic N) is 1. The summed E-state index contributed by atoms with van der Waals surface area (Å²) in [4.78, 5) is 16.4. The molecule has 0 aromatic carbocycles. The fourth-order valence-electron chi connectivity index (χ4n) is 2.70. The second kappa shape index (κ2) is 6.54. The van der Waals surface area contributed by atoms with E-state index in [4.69, 9.17) is 5.84 Å². The fraction of sp³-hybridized carbons (Fsp3) is 0.571. The van der Waals surface area contributed by atoms with Crippen LogP contribution in [0.15, 0.2) is 16.7 Å². The largest absolute Gasteiger partial charge is 0.351 e. The fourth-order valence-corrected chi connectivity index (χ4v) is 3.03. The highest BCUT2D eigenvalue weighted by Gasteiger charge is 2.27. The second-order valence-corrected chi connectivity index (χ2v) is 6.66. The maximum absolute atomic E-state index is 12.3. The van der Waals surface area contributed by atoms with Gasteiger partial charge in [0.05, 0.1) is 5.56 Å². The molecule has 1 aromatic heterocycles. The molecule has 5 nitrogen and oxygen atoms in total. The molecule has 1 amide bonds. The third kappa shape index (κ3) is 3.70. The van der Waals surface area contributed by atoms with Crippen LogP contribution in [0.3, 0.4) is 0 Å². The molecule has 1 saturated carbocycles. The Balaban J connectivity index is 2.03. The van der Waals surface area contributed by atoms with Crippen molar-refractivity contribution < 1.29 is 4.79 Å². The van der Waals surface area contributed by atoms with Crippen LogP contribution in [0, 0.1) is 5.41 Å². The van der Waals surface area contributed by atoms with E-state index >= 15 is 0 Å². The van der Waals surface area contributed by atoms with Crippen molar-refractivity contribution in [1.29, 1.82) is 0 Å². The maximum Gasteiger partial charge on any atom is 0.255 e. The van der Waals surface area contributed by atoms with Crippen LogP contribution in [0.25, 0.3) is 0 Å². The van der Waals surface area contributed by atoms with Crippen LogP contribution in [-0.4, -0.2) is 17.4 Å². The molecule has 0 bridgehead atoms. The lowest BCUT2D eigenvalue weighted by Crippen LogP contribution is -2.37. The van der Waals surface area contributed by atoms with Gasteiger partial charge in [-0.3, -0.25) is 4.79 Å². The monoisotopic (exact) mass is 340 g/mol. The van der Waals surface area contributed by atoms with E-state index in [1.54, 1.807) is 12.3 Å². The molecule has 0 atom stereocenters. The molecule has 4 N–H and O–H groups in total. The van der Waals surface area contributed by atoms with Gasteiger partial charge in [-0.2, -0.15) is 0 Å². The van der Waals surface area contributed by atoms with Gasteiger partial charge in [0.2, 0.25) is 0 Å². The van der Waals surface area contributed by atoms with Gasteiger partial charge >= 0.3 is 0 Å². The Bertz CT molecular complexity index is 486. The van der Waals surface area contributed by atoms with Gasteiger partial charge in [0.1, 0.15) is 0 Å². The predicted octanol–water partition coefficient (Wildman–Crippen LogP) is 2.83. The quantitative estimate of drug-likeness (QED) is 0.581. The van der Waals surface area contributed by atoms with E-state index < -0.39 is 0 Å². The summed E-state index contributed by atoms with van der Waals surface area (Å²) in [6.45, 7) is 2.94. The maximum atomic E-state index is 12.3. The van der Waals surface area contributed by atoms with Gasteiger partial charge in [-0.05, 0) is 40.3 Å². The Kier molecular flexibility index (Phi) is 4.99. The van der Waals surface area contributed by atoms with E-state index in [1.807, 2.05) is 0 Å². The molecule has 1 fully saturated rings. The minimum absolute atomic E-state index is 0.140. The van der Waals surface area contributed by atoms with Crippen molar-refractivity contribution in [2.24, 2.45) is 11.3 Å². The molecule has 6 heteroatoms. The molecule has 0 spiro atoms. The number of aromatic nitrogens is 1. The predicted molar refractivity (Wildman–Crippen MR) is 83.3 cm³/mol. The van der Waals surface area contributed by atoms with Gasteiger partial charge in [0.25, 0.3) is 5.91 Å². The number of nitrogens with two attached hydrogens (primary N) is 1. The number of carbonyl (C=O) groups is 1. The Hall–Kier alpha value is -1.14. The van der Waals surface area contributed by atoms with Crippen molar-refractivity contribution in [2.75, 3.05) is 12.0 Å². The number of carbonyl (C=O) groups excluding carboxylic acids is 1. The molecular weight excluding hydrogens is 320 g/mol. The van der Waals surface area contributed by atoms with Crippen molar-refractivity contribution in [3.63, 3.8) is 0 Å². The van der Waals surface area contributed by atoms with Crippen LogP contribution in [0.5, 0.6) is 0 Å². The molecule has 0 aliphatic heterocycles. The summed E-state index contributed by atoms with van der Waals surface area (Å²) in [6, 6.07) is 1.72. The Labute approximate surface area is 127 Å². The zero-order valence-electron chi connectivity index (χ0n) is 11.7. The van der Waals surface area contributed by atoms with Crippen molar-refractivity contribution in [3.05, 3.63) is 22.3 Å². The molecule has 1 aromatic rings. The first kappa shape index (κ1) is 15.3. The van der Waals surface area contributed by atoms with E-state index in [1.165, 1.54) is 32.1 Å². The highest BCUT2D eigenvalue weighted by molar-refractivity contribution is 9.10. The first-order valence-corrected chi connectivity index (χ1v) is 7.74. The molecular formula is C14H21BrN4O. The number of nitrogens with one attached hydrogen (secondary N) is 2. The number of anilines is 1. The van der Waals surface area contributed by atoms with Crippen molar-refractivity contribution in [3.8, 4) is 0 Å². The third-order valence-electron chi connectivity index (χ3n) is 3.97. The Morgan fingerprint density at radius 3 is 2.80 bits per heavy atom. The Morgan fingerprint density at radius 2 is 2.15 bits per heavy atom. The van der Waals surface area contributed by atoms with Crippen LogP contribution in [-0.2, 0) is 0 Å². The van der Waals surface area contributed by atoms with Crippen LogP contribution < -0.4 is 16.6 Å². The van der Waals surface area contributed by atoms with Crippen LogP contribution >= 0.6 is 15.9 Å². The summed E-state index contributed by atoms with van der Waals surface area (Å²) >= 11 is 3.32. The molecule has 2 rings (SSSR count). The number of halogens is 1. The lowest BCUT2D eigenvalue weighted by molar-refractivity contribution is 0.0919. The van der Waals surface area contributed by atoms with E-state index in [0.717, 1.165) is 4.47 Å². The van der Waals surface area contributed by atoms with Crippen LogP contribution in [0.4, 0.5) is 5.82 Å². The Morgan fingerprint density at radius 1 is 1.45 bits per heavy atom. The third-order valence-corrected chi connectivity index (χ3v) is 4.41. The highest BCUT2D eigenvalue weighted by atomic mass is 79.9. The number of pyridine rings is 1. The zero-order valence-corrected chi connectivity index (χ0v) is 13.3. The number of hydrogen-bond acceptors (Lipinski definition) is 4. The van der Waals surface area contributed by atoms with E-state index in [-0.39, 0.29) is 11.3 Å². The van der Waals surface area contributed by atoms with Gasteiger partial charge in [0, 0.05) is 17.2 Å². The number of amides is 1. The van der Waals surface area contributed by atoms with E-state index in [2.05, 4.69) is 38.6 Å². The molecule has 0 saturated heterocycles. The standard InChI is InChI=1S/C14H21BrN4O/c1-14(5-3-2-4-6-14)9-18-13(20)11-7-10(15)8-17-12(11)19-16/h7-8H,2-6,9,16H2,1H3,(H,17,19)(H,18,20). The van der Waals surface area contributed by atoms with Crippen molar-refractivity contribution in [2.45, 2.75) is 39.0 Å². The van der Waals surface area contributed by atoms with Crippen molar-refractivity contribution >= 4 is 27.7 Å². The molecule has 1 aliphatic carbocycles. The van der Waals surface area contributed by atoms with Crippen molar-refractivity contribution in [1.82, 2.24) is 10.3 Å². The van der Waals surface area contributed by atoms with E-state index in [9.17, 15) is 4.79 Å². The molecule has 20 heavy (non-hydrogen) atoms. The zero-order chi connectivity index (χ0) is 14.6. The summed E-state index contributed by atoms with van der Waals surface area (Å²) < 4.78 is 0.755. The summed E-state index contributed by atoms with van der Waals surface area (Å²) in [5, 5.41) is 3.02. The van der Waals surface area contributed by atoms with Gasteiger partial charge in [-0.1, -0.05) is 26.2 Å². The smallest absolute Gasteiger partial charge is 0.255 e. The lowest BCUT2D eigenvalue weighted by atomic mass is 9.76. The average Bonchev–Trinajstić information content (AvgIpc) is 2.45. The molecule has 0 radical (unpaired) electrons. The average molecular weight is 341 g/mol. The number of rotatable bonds is 4. The minimum atomic E-state index is -0.140. The topological polar surface area (TPSA) is 80.0 Å². The first-order chi connectivity index (χ1) is 9.54. The van der Waals surface area contributed by atoms with Gasteiger partial charge in [-0.15, -0.1) is 0 Å². The number of nitrogen functional groups attached to an aromatic ring is 1. The van der Waals surface area contributed by atoms with Gasteiger partial charge < -0.3 is 10.7 Å². The second-order valence-electron chi connectivity index (χ2n) is 5.75. The summed E-state index contributed by atoms with van der Waals surface area (Å²) in [5.74, 6) is 5.64. The number of hydrogen-bond donors (Lipinski definition) is 3. The SMILES string of the molecule is CC1(CNC(=O)c2cc(Br)cnc2NN)CCCCC1. The van der Waals surface area contributed by atoms with Crippen LogP contribution in [0.2, 0.25) is 0 Å². The van der Waals surface area contributed by atoms with Gasteiger partial charge in [-0.25, -0.2) is 10.8 Å². The summed E-state index contributed by atoms with van der Waals surface area (Å²) in [7, 11) is 0. The normalized spacial score (nSPS) is 17.6. The summed E-state index contributed by atoms with van der Waals surface area (Å²) in [6.07, 6.45) is 7.76. The number of hydrazine groups is 1. The first-order valence-electron chi connectivity index (χ1n) is 6.94.